The maximum Gasteiger partial charge on any atom is 0.349 e. The van der Waals surface area contributed by atoms with Gasteiger partial charge in [-0.15, -0.1) is 0 Å². The predicted molar refractivity (Wildman–Crippen MR) is 105 cm³/mol. The first-order chi connectivity index (χ1) is 14.1. The predicted octanol–water partition coefficient (Wildman–Crippen LogP) is 3.28. The van der Waals surface area contributed by atoms with Crippen LogP contribution in [0.4, 0.5) is 0 Å². The molecule has 2 aromatic carbocycles. The highest BCUT2D eigenvalue weighted by Crippen LogP contribution is 2.37. The summed E-state index contributed by atoms with van der Waals surface area (Å²) in [6.45, 7) is -0.331. The van der Waals surface area contributed by atoms with Crippen LogP contribution in [0.2, 0.25) is 0 Å². The van der Waals surface area contributed by atoms with E-state index < -0.39 is 5.97 Å². The Balaban J connectivity index is 1.50. The van der Waals surface area contributed by atoms with Crippen molar-refractivity contribution < 1.29 is 28.2 Å². The van der Waals surface area contributed by atoms with Gasteiger partial charge in [-0.1, -0.05) is 6.07 Å². The van der Waals surface area contributed by atoms with Gasteiger partial charge >= 0.3 is 11.6 Å². The Morgan fingerprint density at radius 3 is 2.48 bits per heavy atom. The molecule has 29 heavy (non-hydrogen) atoms. The summed E-state index contributed by atoms with van der Waals surface area (Å²) in [4.78, 5) is 24.4. The quantitative estimate of drug-likeness (QED) is 0.359. The second-order valence-corrected chi connectivity index (χ2v) is 6.61. The fraction of sp³-hybridized carbons (Fsp3) is 0.273. The summed E-state index contributed by atoms with van der Waals surface area (Å²) >= 11 is 0. The summed E-state index contributed by atoms with van der Waals surface area (Å²) in [5.41, 5.74) is 1.96. The SMILES string of the molecule is COc1cccc(OC)c1OC(=O)COc1ccc2c3c(c(=O)oc2c1)CCC3. The van der Waals surface area contributed by atoms with Crippen molar-refractivity contribution >= 4 is 16.9 Å². The Labute approximate surface area is 166 Å². The van der Waals surface area contributed by atoms with E-state index in [2.05, 4.69) is 0 Å². The first-order valence-corrected chi connectivity index (χ1v) is 9.24. The van der Waals surface area contributed by atoms with E-state index in [9.17, 15) is 9.59 Å². The molecule has 0 unspecified atom stereocenters. The molecule has 7 heteroatoms. The van der Waals surface area contributed by atoms with Gasteiger partial charge in [-0.2, -0.15) is 0 Å². The fourth-order valence-electron chi connectivity index (χ4n) is 3.56. The van der Waals surface area contributed by atoms with Crippen LogP contribution < -0.4 is 24.6 Å². The summed E-state index contributed by atoms with van der Waals surface area (Å²) in [7, 11) is 2.95. The molecule has 3 aromatic rings. The number of para-hydroxylation sites is 1. The average molecular weight is 396 g/mol. The normalized spacial score (nSPS) is 12.5. The molecule has 0 fully saturated rings. The second kappa shape index (κ2) is 7.87. The third kappa shape index (κ3) is 3.63. The minimum absolute atomic E-state index is 0.186. The zero-order valence-electron chi connectivity index (χ0n) is 16.2. The van der Waals surface area contributed by atoms with Gasteiger partial charge in [0, 0.05) is 17.0 Å². The lowest BCUT2D eigenvalue weighted by Crippen LogP contribution is -2.18. The average Bonchev–Trinajstić information content (AvgIpc) is 3.23. The Morgan fingerprint density at radius 2 is 1.76 bits per heavy atom. The molecule has 0 bridgehead atoms. The second-order valence-electron chi connectivity index (χ2n) is 6.61. The molecule has 150 valence electrons. The zero-order chi connectivity index (χ0) is 20.4. The van der Waals surface area contributed by atoms with Gasteiger partial charge in [0.15, 0.2) is 18.1 Å². The Morgan fingerprint density at radius 1 is 1.03 bits per heavy atom. The lowest BCUT2D eigenvalue weighted by Gasteiger charge is -2.13. The smallest absolute Gasteiger partial charge is 0.349 e. The highest BCUT2D eigenvalue weighted by atomic mass is 16.6. The van der Waals surface area contributed by atoms with Crippen LogP contribution in [0.15, 0.2) is 45.6 Å². The van der Waals surface area contributed by atoms with Gasteiger partial charge in [0.1, 0.15) is 11.3 Å². The molecule has 1 heterocycles. The van der Waals surface area contributed by atoms with Crippen molar-refractivity contribution in [2.24, 2.45) is 0 Å². The molecule has 0 amide bonds. The number of carbonyl (C=O) groups excluding carboxylic acids is 1. The molecule has 7 nitrogen and oxygen atoms in total. The van der Waals surface area contributed by atoms with E-state index in [1.165, 1.54) is 14.2 Å². The summed E-state index contributed by atoms with van der Waals surface area (Å²) in [5.74, 6) is 0.718. The van der Waals surface area contributed by atoms with E-state index in [1.807, 2.05) is 6.07 Å². The van der Waals surface area contributed by atoms with Gasteiger partial charge in [0.2, 0.25) is 5.75 Å². The van der Waals surface area contributed by atoms with Crippen molar-refractivity contribution in [1.29, 1.82) is 0 Å². The van der Waals surface area contributed by atoms with E-state index in [0.29, 0.717) is 22.8 Å². The number of aryl methyl sites for hydroxylation is 1. The van der Waals surface area contributed by atoms with Gasteiger partial charge < -0.3 is 23.4 Å². The van der Waals surface area contributed by atoms with E-state index >= 15 is 0 Å². The minimum Gasteiger partial charge on any atom is -0.493 e. The molecule has 0 saturated carbocycles. The molecule has 0 spiro atoms. The number of benzene rings is 2. The standard InChI is InChI=1S/C22H20O7/c1-25-17-7-4-8-18(26-2)21(17)29-20(23)12-27-13-9-10-15-14-5-3-6-16(14)22(24)28-19(15)11-13/h4,7-11H,3,5-6,12H2,1-2H3. The van der Waals surface area contributed by atoms with Crippen LogP contribution in [0.5, 0.6) is 23.0 Å². The molecule has 0 N–H and O–H groups in total. The van der Waals surface area contributed by atoms with Crippen molar-refractivity contribution in [2.45, 2.75) is 19.3 Å². The van der Waals surface area contributed by atoms with Gasteiger partial charge in [-0.05, 0) is 49.1 Å². The number of hydrogen-bond acceptors (Lipinski definition) is 7. The van der Waals surface area contributed by atoms with Crippen LogP contribution in [-0.4, -0.2) is 26.8 Å². The third-order valence-electron chi connectivity index (χ3n) is 4.90. The Bertz CT molecular complexity index is 1110. The van der Waals surface area contributed by atoms with Crippen LogP contribution in [0.1, 0.15) is 17.5 Å². The molecule has 1 aliphatic carbocycles. The number of fused-ring (bicyclic) bond motifs is 3. The number of carbonyl (C=O) groups is 1. The van der Waals surface area contributed by atoms with E-state index in [4.69, 9.17) is 23.4 Å². The minimum atomic E-state index is -0.622. The zero-order valence-corrected chi connectivity index (χ0v) is 16.2. The van der Waals surface area contributed by atoms with E-state index in [0.717, 1.165) is 35.8 Å². The molecular formula is C22H20O7. The van der Waals surface area contributed by atoms with Gasteiger partial charge in [-0.25, -0.2) is 9.59 Å². The number of rotatable bonds is 6. The summed E-state index contributed by atoms with van der Waals surface area (Å²) in [6.07, 6.45) is 2.57. The Kier molecular flexibility index (Phi) is 5.12. The van der Waals surface area contributed by atoms with Crippen LogP contribution in [-0.2, 0) is 17.6 Å². The number of esters is 1. The maximum absolute atomic E-state index is 12.3. The van der Waals surface area contributed by atoms with E-state index in [1.54, 1.807) is 30.3 Å². The highest BCUT2D eigenvalue weighted by Gasteiger charge is 2.20. The first kappa shape index (κ1) is 18.9. The monoisotopic (exact) mass is 396 g/mol. The highest BCUT2D eigenvalue weighted by molar-refractivity contribution is 5.83. The van der Waals surface area contributed by atoms with Crippen molar-refractivity contribution in [3.8, 4) is 23.0 Å². The largest absolute Gasteiger partial charge is 0.493 e. The summed E-state index contributed by atoms with van der Waals surface area (Å²) in [6, 6.07) is 10.3. The lowest BCUT2D eigenvalue weighted by atomic mass is 10.1. The van der Waals surface area contributed by atoms with Crippen LogP contribution >= 0.6 is 0 Å². The third-order valence-corrected chi connectivity index (χ3v) is 4.90. The fourth-order valence-corrected chi connectivity index (χ4v) is 3.56. The van der Waals surface area contributed by atoms with Gasteiger partial charge in [0.25, 0.3) is 0 Å². The lowest BCUT2D eigenvalue weighted by molar-refractivity contribution is -0.136. The maximum atomic E-state index is 12.3. The molecule has 1 aromatic heterocycles. The molecule has 0 aliphatic heterocycles. The van der Waals surface area contributed by atoms with Crippen LogP contribution in [0.25, 0.3) is 11.0 Å². The molecular weight excluding hydrogens is 376 g/mol. The van der Waals surface area contributed by atoms with Crippen molar-refractivity contribution in [3.05, 3.63) is 57.9 Å². The van der Waals surface area contributed by atoms with E-state index in [-0.39, 0.29) is 18.0 Å². The first-order valence-electron chi connectivity index (χ1n) is 9.24. The van der Waals surface area contributed by atoms with Crippen molar-refractivity contribution in [3.63, 3.8) is 0 Å². The van der Waals surface area contributed by atoms with Crippen molar-refractivity contribution in [2.75, 3.05) is 20.8 Å². The van der Waals surface area contributed by atoms with Gasteiger partial charge in [0.05, 0.1) is 14.2 Å². The number of ether oxygens (including phenoxy) is 4. The number of hydrogen-bond donors (Lipinski definition) is 0. The Hall–Kier alpha value is -3.48. The summed E-state index contributed by atoms with van der Waals surface area (Å²) in [5, 5.41) is 0.908. The molecule has 4 rings (SSSR count). The van der Waals surface area contributed by atoms with Gasteiger partial charge in [-0.3, -0.25) is 0 Å². The topological polar surface area (TPSA) is 84.2 Å². The molecule has 0 atom stereocenters. The molecule has 0 saturated heterocycles. The van der Waals surface area contributed by atoms with Crippen LogP contribution in [0, 0.1) is 0 Å². The molecule has 0 radical (unpaired) electrons. The van der Waals surface area contributed by atoms with Crippen LogP contribution in [0.3, 0.4) is 0 Å². The number of methoxy groups -OCH3 is 2. The van der Waals surface area contributed by atoms with Crippen molar-refractivity contribution in [1.82, 2.24) is 0 Å². The summed E-state index contributed by atoms with van der Waals surface area (Å²) < 4.78 is 26.7. The molecule has 1 aliphatic rings.